The third-order valence-electron chi connectivity index (χ3n) is 4.08. The molecule has 1 aromatic rings. The van der Waals surface area contributed by atoms with Crippen molar-refractivity contribution in [2.24, 2.45) is 0 Å². The minimum Gasteiger partial charge on any atom is -0.393 e. The van der Waals surface area contributed by atoms with Gasteiger partial charge in [0.15, 0.2) is 11.5 Å². The van der Waals surface area contributed by atoms with E-state index in [0.29, 0.717) is 0 Å². The summed E-state index contributed by atoms with van der Waals surface area (Å²) in [6.45, 7) is -0.632. The van der Waals surface area contributed by atoms with Crippen molar-refractivity contribution in [2.45, 2.75) is 29.5 Å². The molecule has 5 unspecified atom stereocenters. The molecule has 1 saturated carbocycles. The Labute approximate surface area is 122 Å². The lowest BCUT2D eigenvalue weighted by molar-refractivity contribution is -0.117. The number of halogens is 2. The van der Waals surface area contributed by atoms with Gasteiger partial charge >= 0.3 is 5.69 Å². The number of hydrogen-bond acceptors (Lipinski definition) is 7. The number of ether oxygens (including phenoxy) is 1. The van der Waals surface area contributed by atoms with Crippen LogP contribution in [0.5, 0.6) is 0 Å². The number of hydrogen-bond donors (Lipinski definition) is 4. The monoisotopic (exact) mass is 321 g/mol. The predicted molar refractivity (Wildman–Crippen MR) is 68.2 cm³/mol. The first-order chi connectivity index (χ1) is 9.94. The van der Waals surface area contributed by atoms with Crippen LogP contribution in [0.25, 0.3) is 0 Å². The number of fused-ring (bicyclic) bond motifs is 1. The van der Waals surface area contributed by atoms with Crippen molar-refractivity contribution in [3.8, 4) is 0 Å². The molecule has 0 aromatic carbocycles. The summed E-state index contributed by atoms with van der Waals surface area (Å²) in [5.74, 6) is -0.359. The topological polar surface area (TPSA) is 117 Å². The summed E-state index contributed by atoms with van der Waals surface area (Å²) >= 11 is 5.64. The zero-order valence-corrected chi connectivity index (χ0v) is 11.4. The fraction of sp³-hybridized carbons (Fsp3) is 0.636. The Kier molecular flexibility index (Phi) is 3.22. The lowest BCUT2D eigenvalue weighted by Gasteiger charge is -2.32. The first kappa shape index (κ1) is 14.7. The molecule has 1 aliphatic carbocycles. The Morgan fingerprint density at radius 1 is 1.62 bits per heavy atom. The molecule has 21 heavy (non-hydrogen) atoms. The van der Waals surface area contributed by atoms with Crippen LogP contribution in [0, 0.1) is 0 Å². The van der Waals surface area contributed by atoms with E-state index in [-0.39, 0.29) is 11.7 Å². The largest absolute Gasteiger partial charge is 0.393 e. The highest BCUT2D eigenvalue weighted by Crippen LogP contribution is 2.63. The molecule has 1 aliphatic heterocycles. The van der Waals surface area contributed by atoms with E-state index in [4.69, 9.17) is 21.5 Å². The van der Waals surface area contributed by atoms with Gasteiger partial charge < -0.3 is 14.9 Å². The molecule has 2 heterocycles. The van der Waals surface area contributed by atoms with Gasteiger partial charge in [0.1, 0.15) is 23.9 Å². The number of aliphatic hydroxyl groups excluding tert-OH is 2. The van der Waals surface area contributed by atoms with Crippen LogP contribution in [-0.2, 0) is 4.74 Å². The molecule has 1 aromatic heterocycles. The smallest absolute Gasteiger partial charge is 0.350 e. The standard InChI is InChI=1S/C11H13ClFN3O5/c12-3-10(4-17)8(18)11(13)6(7(11)21-10)16-2-1-5(15-20)14-9(16)19/h1-2,6-8,17-18,20H,3-4H2,(H,14,15,19). The molecule has 1 saturated heterocycles. The van der Waals surface area contributed by atoms with Crippen molar-refractivity contribution >= 4 is 17.4 Å². The summed E-state index contributed by atoms with van der Waals surface area (Å²) in [6.07, 6.45) is -1.52. The first-order valence-corrected chi connectivity index (χ1v) is 6.69. The van der Waals surface area contributed by atoms with Gasteiger partial charge in [0.05, 0.1) is 12.5 Å². The van der Waals surface area contributed by atoms with Crippen molar-refractivity contribution in [2.75, 3.05) is 18.0 Å². The lowest BCUT2D eigenvalue weighted by atomic mass is 9.95. The van der Waals surface area contributed by atoms with Crippen LogP contribution >= 0.6 is 11.6 Å². The summed E-state index contributed by atoms with van der Waals surface area (Å²) < 4.78 is 21.2. The van der Waals surface area contributed by atoms with Gasteiger partial charge in [-0.2, -0.15) is 4.98 Å². The molecule has 0 radical (unpaired) electrons. The summed E-state index contributed by atoms with van der Waals surface area (Å²) in [5, 5.41) is 28.0. The number of aliphatic hydroxyl groups is 2. The van der Waals surface area contributed by atoms with Crippen LogP contribution in [0.2, 0.25) is 0 Å². The minimum absolute atomic E-state index is 0.0816. The quantitative estimate of drug-likeness (QED) is 0.417. The fourth-order valence-electron chi connectivity index (χ4n) is 2.84. The van der Waals surface area contributed by atoms with Crippen LogP contribution in [0.1, 0.15) is 6.04 Å². The van der Waals surface area contributed by atoms with E-state index in [0.717, 1.165) is 4.57 Å². The zero-order chi connectivity index (χ0) is 15.4. The summed E-state index contributed by atoms with van der Waals surface area (Å²) in [5.41, 5.74) is -2.88. The molecule has 8 nitrogen and oxygen atoms in total. The van der Waals surface area contributed by atoms with E-state index >= 15 is 0 Å². The summed E-state index contributed by atoms with van der Waals surface area (Å²) in [7, 11) is 0. The van der Waals surface area contributed by atoms with E-state index in [1.165, 1.54) is 12.3 Å². The Balaban J connectivity index is 1.92. The van der Waals surface area contributed by atoms with E-state index in [9.17, 15) is 19.4 Å². The average Bonchev–Trinajstić information content (AvgIpc) is 3.00. The maximum atomic E-state index is 14.9. The normalized spacial score (nSPS) is 40.9. The van der Waals surface area contributed by atoms with Crippen molar-refractivity contribution < 1.29 is 24.5 Å². The van der Waals surface area contributed by atoms with Gasteiger partial charge in [0.2, 0.25) is 0 Å². The van der Waals surface area contributed by atoms with Crippen molar-refractivity contribution in [1.82, 2.24) is 9.55 Å². The summed E-state index contributed by atoms with van der Waals surface area (Å²) in [4.78, 5) is 15.3. The molecular formula is C11H13ClFN3O5. The Morgan fingerprint density at radius 3 is 2.76 bits per heavy atom. The number of nitrogens with one attached hydrogen (secondary N) is 1. The fourth-order valence-corrected chi connectivity index (χ4v) is 3.13. The Hall–Kier alpha value is -1.26. The Bertz CT molecular complexity index is 624. The molecule has 2 aliphatic rings. The number of aromatic nitrogens is 2. The van der Waals surface area contributed by atoms with Gasteiger partial charge in [-0.25, -0.2) is 9.18 Å². The number of nitrogens with zero attached hydrogens (tertiary/aromatic N) is 2. The highest BCUT2D eigenvalue weighted by atomic mass is 35.5. The number of rotatable bonds is 4. The van der Waals surface area contributed by atoms with Crippen LogP contribution in [0.4, 0.5) is 10.2 Å². The van der Waals surface area contributed by atoms with Crippen molar-refractivity contribution in [3.05, 3.63) is 22.7 Å². The van der Waals surface area contributed by atoms with Crippen LogP contribution in [-0.4, -0.2) is 60.9 Å². The molecule has 3 rings (SSSR count). The van der Waals surface area contributed by atoms with E-state index < -0.39 is 41.8 Å². The number of anilines is 1. The van der Waals surface area contributed by atoms with E-state index in [1.807, 2.05) is 0 Å². The first-order valence-electron chi connectivity index (χ1n) is 6.15. The highest BCUT2D eigenvalue weighted by Gasteiger charge is 2.82. The van der Waals surface area contributed by atoms with Crippen molar-refractivity contribution in [1.29, 1.82) is 0 Å². The van der Waals surface area contributed by atoms with Gasteiger partial charge in [-0.3, -0.25) is 15.3 Å². The maximum Gasteiger partial charge on any atom is 0.350 e. The third kappa shape index (κ3) is 1.75. The average molecular weight is 322 g/mol. The van der Waals surface area contributed by atoms with Gasteiger partial charge in [-0.05, 0) is 6.07 Å². The molecule has 0 amide bonds. The Morgan fingerprint density at radius 2 is 2.33 bits per heavy atom. The molecule has 10 heteroatoms. The second-order valence-corrected chi connectivity index (χ2v) is 5.45. The lowest BCUT2D eigenvalue weighted by Crippen LogP contribution is -2.52. The van der Waals surface area contributed by atoms with Gasteiger partial charge in [-0.15, -0.1) is 11.6 Å². The molecule has 116 valence electrons. The number of alkyl halides is 2. The van der Waals surface area contributed by atoms with Crippen LogP contribution < -0.4 is 11.2 Å². The summed E-state index contributed by atoms with van der Waals surface area (Å²) in [6, 6.07) is 0.217. The maximum absolute atomic E-state index is 14.9. The van der Waals surface area contributed by atoms with Gasteiger partial charge in [0.25, 0.3) is 0 Å². The predicted octanol–water partition coefficient (Wildman–Crippen LogP) is -0.963. The van der Waals surface area contributed by atoms with Crippen LogP contribution in [0.3, 0.4) is 0 Å². The second-order valence-electron chi connectivity index (χ2n) is 5.18. The minimum atomic E-state index is -2.21. The molecular weight excluding hydrogens is 309 g/mol. The third-order valence-corrected chi connectivity index (χ3v) is 4.54. The van der Waals surface area contributed by atoms with Gasteiger partial charge in [-0.1, -0.05) is 0 Å². The highest BCUT2D eigenvalue weighted by molar-refractivity contribution is 6.18. The molecule has 4 N–H and O–H groups in total. The SMILES string of the molecule is O=c1nc(NO)ccn1C1C2OC(CO)(CCl)C(O)C21F. The molecule has 0 bridgehead atoms. The molecule has 5 atom stereocenters. The second kappa shape index (κ2) is 4.62. The van der Waals surface area contributed by atoms with Gasteiger partial charge in [0, 0.05) is 6.20 Å². The van der Waals surface area contributed by atoms with Crippen LogP contribution in [0.15, 0.2) is 17.1 Å². The van der Waals surface area contributed by atoms with Crippen molar-refractivity contribution in [3.63, 3.8) is 0 Å². The zero-order valence-electron chi connectivity index (χ0n) is 10.6. The molecule has 0 spiro atoms. The molecule has 2 fully saturated rings. The van der Waals surface area contributed by atoms with E-state index in [1.54, 1.807) is 5.48 Å². The van der Waals surface area contributed by atoms with E-state index in [2.05, 4.69) is 4.98 Å².